The van der Waals surface area contributed by atoms with E-state index in [2.05, 4.69) is 56.9 Å². The second-order valence-electron chi connectivity index (χ2n) is 6.89. The first-order valence-corrected chi connectivity index (χ1v) is 7.82. The molecule has 0 heterocycles. The zero-order valence-corrected chi connectivity index (χ0v) is 13.2. The summed E-state index contributed by atoms with van der Waals surface area (Å²) in [6, 6.07) is 10.5. The van der Waals surface area contributed by atoms with E-state index in [0.29, 0.717) is 23.7 Å². The lowest BCUT2D eigenvalue weighted by Gasteiger charge is -2.26. The predicted molar refractivity (Wildman–Crippen MR) is 83.5 cm³/mol. The van der Waals surface area contributed by atoms with E-state index < -0.39 is 0 Å². The number of carbonyl (C=O) groups is 1. The molecule has 2 rings (SSSR count). The Kier molecular flexibility index (Phi) is 4.85. The smallest absolute Gasteiger partial charge is 0.226 e. The minimum absolute atomic E-state index is 0.217. The van der Waals surface area contributed by atoms with E-state index in [-0.39, 0.29) is 5.92 Å². The minimum Gasteiger partial charge on any atom is -0.342 e. The Labute approximate surface area is 123 Å². The van der Waals surface area contributed by atoms with Crippen LogP contribution in [0.25, 0.3) is 0 Å². The van der Waals surface area contributed by atoms with Crippen molar-refractivity contribution in [3.8, 4) is 0 Å². The van der Waals surface area contributed by atoms with Gasteiger partial charge in [0.2, 0.25) is 5.91 Å². The Hall–Kier alpha value is -1.31. The maximum Gasteiger partial charge on any atom is 0.226 e. The first kappa shape index (κ1) is 15.1. The van der Waals surface area contributed by atoms with Crippen molar-refractivity contribution in [3.05, 3.63) is 35.9 Å². The average molecular weight is 273 g/mol. The molecule has 110 valence electrons. The van der Waals surface area contributed by atoms with E-state index in [0.717, 1.165) is 19.5 Å². The van der Waals surface area contributed by atoms with Crippen molar-refractivity contribution in [2.24, 2.45) is 17.8 Å². The molecule has 1 aliphatic carbocycles. The SMILES string of the molecule is CC(C)CN(CC(C)C)C(=O)C1CC1c1ccccc1. The van der Waals surface area contributed by atoms with Gasteiger partial charge in [0.25, 0.3) is 0 Å². The fourth-order valence-electron chi connectivity index (χ4n) is 2.91. The Morgan fingerprint density at radius 1 is 1.10 bits per heavy atom. The van der Waals surface area contributed by atoms with E-state index in [1.807, 2.05) is 6.07 Å². The van der Waals surface area contributed by atoms with Gasteiger partial charge in [0.1, 0.15) is 0 Å². The molecule has 0 N–H and O–H groups in total. The molecule has 0 saturated heterocycles. The molecule has 0 radical (unpaired) electrons. The third-order valence-corrected chi connectivity index (χ3v) is 3.82. The van der Waals surface area contributed by atoms with Gasteiger partial charge in [0.15, 0.2) is 0 Å². The minimum atomic E-state index is 0.217. The van der Waals surface area contributed by atoms with Gasteiger partial charge in [-0.2, -0.15) is 0 Å². The van der Waals surface area contributed by atoms with Crippen LogP contribution in [0.15, 0.2) is 30.3 Å². The number of carbonyl (C=O) groups excluding carboxylic acids is 1. The number of amides is 1. The van der Waals surface area contributed by atoms with E-state index in [1.54, 1.807) is 0 Å². The normalized spacial score (nSPS) is 21.3. The van der Waals surface area contributed by atoms with Gasteiger partial charge >= 0.3 is 0 Å². The van der Waals surface area contributed by atoms with Gasteiger partial charge in [-0.3, -0.25) is 4.79 Å². The van der Waals surface area contributed by atoms with Gasteiger partial charge in [-0.15, -0.1) is 0 Å². The molecular weight excluding hydrogens is 246 g/mol. The summed E-state index contributed by atoms with van der Waals surface area (Å²) in [6.07, 6.45) is 1.02. The molecule has 1 aromatic rings. The van der Waals surface area contributed by atoms with E-state index in [1.165, 1.54) is 5.56 Å². The van der Waals surface area contributed by atoms with Crippen LogP contribution in [0.3, 0.4) is 0 Å². The summed E-state index contributed by atoms with van der Waals surface area (Å²) < 4.78 is 0. The lowest BCUT2D eigenvalue weighted by atomic mass is 10.1. The number of hydrogen-bond acceptors (Lipinski definition) is 1. The lowest BCUT2D eigenvalue weighted by molar-refractivity contribution is -0.133. The molecule has 0 spiro atoms. The molecular formula is C18H27NO. The zero-order chi connectivity index (χ0) is 14.7. The van der Waals surface area contributed by atoms with Crippen LogP contribution >= 0.6 is 0 Å². The van der Waals surface area contributed by atoms with E-state index >= 15 is 0 Å². The summed E-state index contributed by atoms with van der Waals surface area (Å²) in [5.41, 5.74) is 1.32. The molecule has 1 amide bonds. The summed E-state index contributed by atoms with van der Waals surface area (Å²) >= 11 is 0. The molecule has 1 saturated carbocycles. The predicted octanol–water partition coefficient (Wildman–Crippen LogP) is 3.93. The Morgan fingerprint density at radius 3 is 2.15 bits per heavy atom. The number of nitrogens with zero attached hydrogens (tertiary/aromatic N) is 1. The molecule has 1 aromatic carbocycles. The van der Waals surface area contributed by atoms with Gasteiger partial charge in [0.05, 0.1) is 0 Å². The Bertz CT molecular complexity index is 428. The third kappa shape index (κ3) is 3.84. The third-order valence-electron chi connectivity index (χ3n) is 3.82. The lowest BCUT2D eigenvalue weighted by Crippen LogP contribution is -2.38. The topological polar surface area (TPSA) is 20.3 Å². The second-order valence-corrected chi connectivity index (χ2v) is 6.89. The molecule has 2 unspecified atom stereocenters. The van der Waals surface area contributed by atoms with Crippen molar-refractivity contribution < 1.29 is 4.79 Å². The highest BCUT2D eigenvalue weighted by Crippen LogP contribution is 2.48. The summed E-state index contributed by atoms with van der Waals surface area (Å²) in [6.45, 7) is 10.5. The highest BCUT2D eigenvalue weighted by Gasteiger charge is 2.45. The van der Waals surface area contributed by atoms with Crippen LogP contribution in [-0.2, 0) is 4.79 Å². The molecule has 2 atom stereocenters. The summed E-state index contributed by atoms with van der Waals surface area (Å²) in [5.74, 6) is 2.10. The van der Waals surface area contributed by atoms with Crippen LogP contribution in [0.5, 0.6) is 0 Å². The van der Waals surface area contributed by atoms with E-state index in [4.69, 9.17) is 0 Å². The van der Waals surface area contributed by atoms with Gasteiger partial charge in [0, 0.05) is 19.0 Å². The van der Waals surface area contributed by atoms with Gasteiger partial charge in [-0.25, -0.2) is 0 Å². The maximum atomic E-state index is 12.7. The average Bonchev–Trinajstić information content (AvgIpc) is 3.17. The first-order valence-electron chi connectivity index (χ1n) is 7.82. The number of hydrogen-bond donors (Lipinski definition) is 0. The van der Waals surface area contributed by atoms with Crippen LogP contribution in [0.4, 0.5) is 0 Å². The van der Waals surface area contributed by atoms with Crippen LogP contribution in [-0.4, -0.2) is 23.9 Å². The molecule has 0 aromatic heterocycles. The van der Waals surface area contributed by atoms with Gasteiger partial charge < -0.3 is 4.90 Å². The maximum absolute atomic E-state index is 12.7. The van der Waals surface area contributed by atoms with E-state index in [9.17, 15) is 4.79 Å². The molecule has 2 heteroatoms. The van der Waals surface area contributed by atoms with Crippen molar-refractivity contribution in [2.45, 2.75) is 40.0 Å². The summed E-state index contributed by atoms with van der Waals surface area (Å²) in [7, 11) is 0. The van der Waals surface area contributed by atoms with Crippen molar-refractivity contribution in [3.63, 3.8) is 0 Å². The van der Waals surface area contributed by atoms with Crippen LogP contribution < -0.4 is 0 Å². The molecule has 2 nitrogen and oxygen atoms in total. The van der Waals surface area contributed by atoms with Crippen molar-refractivity contribution >= 4 is 5.91 Å². The van der Waals surface area contributed by atoms with Gasteiger partial charge in [-0.1, -0.05) is 58.0 Å². The molecule has 1 fully saturated rings. The fraction of sp³-hybridized carbons (Fsp3) is 0.611. The second kappa shape index (κ2) is 6.43. The van der Waals surface area contributed by atoms with Crippen LogP contribution in [0.2, 0.25) is 0 Å². The van der Waals surface area contributed by atoms with Gasteiger partial charge in [-0.05, 0) is 29.7 Å². The van der Waals surface area contributed by atoms with Crippen LogP contribution in [0, 0.1) is 17.8 Å². The summed E-state index contributed by atoms with van der Waals surface area (Å²) in [4.78, 5) is 14.8. The zero-order valence-electron chi connectivity index (χ0n) is 13.2. The monoisotopic (exact) mass is 273 g/mol. The Balaban J connectivity index is 1.99. The Morgan fingerprint density at radius 2 is 1.65 bits per heavy atom. The summed E-state index contributed by atoms with van der Waals surface area (Å²) in [5, 5.41) is 0. The molecule has 0 bridgehead atoms. The standard InChI is InChI=1S/C18H27NO/c1-13(2)11-19(12-14(3)4)18(20)17-10-16(17)15-8-6-5-7-9-15/h5-9,13-14,16-17H,10-12H2,1-4H3. The van der Waals surface area contributed by atoms with Crippen molar-refractivity contribution in [2.75, 3.05) is 13.1 Å². The highest BCUT2D eigenvalue weighted by molar-refractivity contribution is 5.83. The molecule has 20 heavy (non-hydrogen) atoms. The molecule has 0 aliphatic heterocycles. The largest absolute Gasteiger partial charge is 0.342 e. The molecule has 1 aliphatic rings. The van der Waals surface area contributed by atoms with Crippen LogP contribution in [0.1, 0.15) is 45.6 Å². The number of benzene rings is 1. The van der Waals surface area contributed by atoms with Crippen molar-refractivity contribution in [1.82, 2.24) is 4.90 Å². The highest BCUT2D eigenvalue weighted by atomic mass is 16.2. The fourth-order valence-corrected chi connectivity index (χ4v) is 2.91. The van der Waals surface area contributed by atoms with Crippen molar-refractivity contribution in [1.29, 1.82) is 0 Å². The first-order chi connectivity index (χ1) is 9.49. The number of rotatable bonds is 6. The quantitative estimate of drug-likeness (QED) is 0.769.